The highest BCUT2D eigenvalue weighted by atomic mass is 16.6. The van der Waals surface area contributed by atoms with Crippen LogP contribution in [-0.2, 0) is 20.9 Å². The summed E-state index contributed by atoms with van der Waals surface area (Å²) >= 11 is 0. The lowest BCUT2D eigenvalue weighted by Crippen LogP contribution is -2.31. The average Bonchev–Trinajstić information content (AvgIpc) is 3.56. The summed E-state index contributed by atoms with van der Waals surface area (Å²) in [7, 11) is 0. The Morgan fingerprint density at radius 1 is 1.05 bits per heavy atom. The number of esters is 1. The molecule has 0 amide bonds. The lowest BCUT2D eigenvalue weighted by atomic mass is 10.2. The van der Waals surface area contributed by atoms with Crippen molar-refractivity contribution in [2.24, 2.45) is 0 Å². The molecule has 14 heteroatoms. The number of carbonyl (C=O) groups is 2. The van der Waals surface area contributed by atoms with Crippen molar-refractivity contribution in [3.8, 4) is 11.4 Å². The lowest BCUT2D eigenvalue weighted by Gasteiger charge is -2.19. The van der Waals surface area contributed by atoms with E-state index in [0.29, 0.717) is 48.9 Å². The van der Waals surface area contributed by atoms with E-state index in [2.05, 4.69) is 36.0 Å². The van der Waals surface area contributed by atoms with Gasteiger partial charge in [0.05, 0.1) is 36.9 Å². The van der Waals surface area contributed by atoms with Crippen LogP contribution in [-0.4, -0.2) is 77.1 Å². The summed E-state index contributed by atoms with van der Waals surface area (Å²) in [6, 6.07) is 7.36. The van der Waals surface area contributed by atoms with Crippen LogP contribution in [0.3, 0.4) is 0 Å². The summed E-state index contributed by atoms with van der Waals surface area (Å²) in [4.78, 5) is 31.3. The van der Waals surface area contributed by atoms with Gasteiger partial charge in [0.1, 0.15) is 11.4 Å². The number of ether oxygens (including phenoxy) is 2. The van der Waals surface area contributed by atoms with Gasteiger partial charge in [-0.2, -0.15) is 14.8 Å². The Morgan fingerprint density at radius 2 is 1.86 bits per heavy atom. The number of hydrogen-bond donors (Lipinski definition) is 3. The maximum Gasteiger partial charge on any atom is 0.320 e. The Kier molecular flexibility index (Phi) is 10.4. The summed E-state index contributed by atoms with van der Waals surface area (Å²) < 4.78 is 14.4. The molecule has 0 spiro atoms. The first kappa shape index (κ1) is 30.4. The van der Waals surface area contributed by atoms with Crippen molar-refractivity contribution in [3.63, 3.8) is 0 Å². The molecule has 42 heavy (non-hydrogen) atoms. The number of nitrogens with one attached hydrogen (secondary N) is 2. The zero-order chi connectivity index (χ0) is 30.0. The maximum absolute atomic E-state index is 11.7. The number of aliphatic carboxylic acids is 1. The van der Waals surface area contributed by atoms with Gasteiger partial charge in [-0.1, -0.05) is 5.21 Å². The molecule has 4 rings (SSSR count). The van der Waals surface area contributed by atoms with Gasteiger partial charge in [0.2, 0.25) is 5.95 Å². The summed E-state index contributed by atoms with van der Waals surface area (Å²) in [5, 5.41) is 27.8. The molecular weight excluding hydrogens is 542 g/mol. The van der Waals surface area contributed by atoms with Gasteiger partial charge in [-0.25, -0.2) is 4.98 Å². The number of anilines is 2. The van der Waals surface area contributed by atoms with E-state index in [4.69, 9.17) is 14.6 Å². The number of carboxylic acids is 1. The van der Waals surface area contributed by atoms with Crippen molar-refractivity contribution < 1.29 is 24.2 Å². The van der Waals surface area contributed by atoms with E-state index in [-0.39, 0.29) is 18.9 Å². The fraction of sp³-hybridized carbons (Fsp3) is 0.464. The second-order valence-electron chi connectivity index (χ2n) is 10.7. The number of carbonyl (C=O) groups excluding carboxylic acids is 1. The van der Waals surface area contributed by atoms with Gasteiger partial charge in [0, 0.05) is 19.2 Å². The van der Waals surface area contributed by atoms with Crippen molar-refractivity contribution in [2.45, 2.75) is 65.0 Å². The van der Waals surface area contributed by atoms with Crippen LogP contribution in [0.1, 0.15) is 52.9 Å². The minimum absolute atomic E-state index is 0.139. The van der Waals surface area contributed by atoms with Gasteiger partial charge in [-0.3, -0.25) is 14.3 Å². The number of unbranched alkanes of at least 4 members (excludes halogenated alkanes) is 2. The van der Waals surface area contributed by atoms with E-state index in [1.165, 1.54) is 0 Å². The standard InChI is InChI=1S/C28H37N9O5/c1-28(2,3)42-25(40)18-29-13-5-6-14-36-19-20(16-31-36)32-27-30-17-23-26(33-27)37(35-34-23)21-9-11-22(12-10-21)41-15-7-4-8-24(38)39/h9-12,16-17,19,29H,4-8,13-15,18H2,1-3H3,(H,38,39)(H,30,32,33). The molecule has 0 atom stereocenters. The van der Waals surface area contributed by atoms with Crippen molar-refractivity contribution in [3.05, 3.63) is 42.9 Å². The molecule has 0 saturated carbocycles. The molecule has 0 radical (unpaired) electrons. The van der Waals surface area contributed by atoms with E-state index in [9.17, 15) is 9.59 Å². The fourth-order valence-corrected chi connectivity index (χ4v) is 3.99. The molecule has 14 nitrogen and oxygen atoms in total. The van der Waals surface area contributed by atoms with Crippen molar-refractivity contribution >= 4 is 34.7 Å². The zero-order valence-corrected chi connectivity index (χ0v) is 24.1. The second-order valence-corrected chi connectivity index (χ2v) is 10.7. The van der Waals surface area contributed by atoms with Gasteiger partial charge < -0.3 is 25.2 Å². The third-order valence-electron chi connectivity index (χ3n) is 5.90. The molecule has 1 aromatic carbocycles. The van der Waals surface area contributed by atoms with Crippen LogP contribution in [0, 0.1) is 0 Å². The van der Waals surface area contributed by atoms with Crippen LogP contribution < -0.4 is 15.4 Å². The molecule has 3 heterocycles. The predicted octanol–water partition coefficient (Wildman–Crippen LogP) is 3.50. The summed E-state index contributed by atoms with van der Waals surface area (Å²) in [5.74, 6) is 0.0179. The van der Waals surface area contributed by atoms with Crippen LogP contribution in [0.5, 0.6) is 5.75 Å². The Hall–Kier alpha value is -4.59. The van der Waals surface area contributed by atoms with E-state index in [0.717, 1.165) is 30.8 Å². The highest BCUT2D eigenvalue weighted by Gasteiger charge is 2.15. The van der Waals surface area contributed by atoms with Crippen LogP contribution in [0.25, 0.3) is 16.9 Å². The van der Waals surface area contributed by atoms with Crippen molar-refractivity contribution in [1.29, 1.82) is 0 Å². The SMILES string of the molecule is CC(C)(C)OC(=O)CNCCCCn1cc(Nc2ncc3nnn(-c4ccc(OCCCCC(=O)O)cc4)c3n2)cn1. The summed E-state index contributed by atoms with van der Waals surface area (Å²) in [5.41, 5.74) is 2.13. The molecule has 3 aromatic heterocycles. The third kappa shape index (κ3) is 9.51. The second kappa shape index (κ2) is 14.3. The lowest BCUT2D eigenvalue weighted by molar-refractivity contribution is -0.153. The molecular formula is C28H37N9O5. The first-order chi connectivity index (χ1) is 20.2. The first-order valence-corrected chi connectivity index (χ1v) is 13.9. The minimum atomic E-state index is -0.800. The molecule has 0 saturated heterocycles. The molecule has 3 N–H and O–H groups in total. The molecule has 224 valence electrons. The number of fused-ring (bicyclic) bond motifs is 1. The number of aryl methyl sites for hydroxylation is 1. The van der Waals surface area contributed by atoms with Crippen molar-refractivity contribution in [1.82, 2.24) is 40.1 Å². The predicted molar refractivity (Wildman–Crippen MR) is 155 cm³/mol. The van der Waals surface area contributed by atoms with Gasteiger partial charge >= 0.3 is 11.9 Å². The monoisotopic (exact) mass is 579 g/mol. The Balaban J connectivity index is 1.25. The molecule has 0 fully saturated rings. The van der Waals surface area contributed by atoms with E-state index in [1.54, 1.807) is 17.1 Å². The summed E-state index contributed by atoms with van der Waals surface area (Å²) in [6.07, 6.45) is 8.38. The fourth-order valence-electron chi connectivity index (χ4n) is 3.99. The number of hydrogen-bond acceptors (Lipinski definition) is 11. The molecule has 0 unspecified atom stereocenters. The molecule has 4 aromatic rings. The van der Waals surface area contributed by atoms with Crippen LogP contribution >= 0.6 is 0 Å². The van der Waals surface area contributed by atoms with Gasteiger partial charge in [0.25, 0.3) is 0 Å². The quantitative estimate of drug-likeness (QED) is 0.131. The molecule has 0 aliphatic carbocycles. The van der Waals surface area contributed by atoms with Crippen LogP contribution in [0.4, 0.5) is 11.6 Å². The number of aromatic nitrogens is 7. The number of rotatable bonds is 16. The van der Waals surface area contributed by atoms with Crippen molar-refractivity contribution in [2.75, 3.05) is 25.0 Å². The molecule has 0 aliphatic rings. The van der Waals surface area contributed by atoms with Gasteiger partial charge in [-0.15, -0.1) is 5.10 Å². The van der Waals surface area contributed by atoms with E-state index < -0.39 is 11.6 Å². The van der Waals surface area contributed by atoms with E-state index >= 15 is 0 Å². The first-order valence-electron chi connectivity index (χ1n) is 13.9. The largest absolute Gasteiger partial charge is 0.494 e. The summed E-state index contributed by atoms with van der Waals surface area (Å²) in [6.45, 7) is 7.65. The molecule has 0 aliphatic heterocycles. The number of carboxylic acid groups (broad SMARTS) is 1. The Bertz CT molecular complexity index is 1460. The highest BCUT2D eigenvalue weighted by Crippen LogP contribution is 2.20. The normalized spacial score (nSPS) is 11.5. The maximum atomic E-state index is 11.7. The van der Waals surface area contributed by atoms with Gasteiger partial charge in [-0.05, 0) is 77.3 Å². The van der Waals surface area contributed by atoms with Gasteiger partial charge in [0.15, 0.2) is 11.2 Å². The number of nitrogens with zero attached hydrogens (tertiary/aromatic N) is 7. The topological polar surface area (TPSA) is 171 Å². The average molecular weight is 580 g/mol. The Morgan fingerprint density at radius 3 is 2.62 bits per heavy atom. The third-order valence-corrected chi connectivity index (χ3v) is 5.90. The Labute approximate surface area is 243 Å². The number of benzene rings is 1. The van der Waals surface area contributed by atoms with E-state index in [1.807, 2.05) is 55.9 Å². The smallest absolute Gasteiger partial charge is 0.320 e. The molecule has 0 bridgehead atoms. The highest BCUT2D eigenvalue weighted by molar-refractivity contribution is 5.73. The van der Waals surface area contributed by atoms with Crippen LogP contribution in [0.15, 0.2) is 42.9 Å². The zero-order valence-electron chi connectivity index (χ0n) is 24.1. The minimum Gasteiger partial charge on any atom is -0.494 e. The van der Waals surface area contributed by atoms with Crippen LogP contribution in [0.2, 0.25) is 0 Å².